The maximum atomic E-state index is 12.0. The van der Waals surface area contributed by atoms with E-state index in [4.69, 9.17) is 4.74 Å². The average Bonchev–Trinajstić information content (AvgIpc) is 2.95. The molecule has 1 atom stereocenters. The molecule has 5 nitrogen and oxygen atoms in total. The minimum absolute atomic E-state index is 0.0789. The van der Waals surface area contributed by atoms with Gasteiger partial charge >= 0.3 is 5.97 Å². The molecule has 20 heavy (non-hydrogen) atoms. The molecule has 1 unspecified atom stereocenters. The topological polar surface area (TPSA) is 59.5 Å². The highest BCUT2D eigenvalue weighted by atomic mass is 32.1. The largest absolute Gasteiger partial charge is 0.450 e. The zero-order chi connectivity index (χ0) is 14.9. The molecule has 2 rings (SSSR count). The Morgan fingerprint density at radius 2 is 2.10 bits per heavy atom. The Bertz CT molecular complexity index is 614. The summed E-state index contributed by atoms with van der Waals surface area (Å²) in [5.41, 5.74) is 0. The van der Waals surface area contributed by atoms with Crippen LogP contribution in [-0.4, -0.2) is 36.9 Å². The second-order valence-electron chi connectivity index (χ2n) is 4.54. The zero-order valence-electron chi connectivity index (χ0n) is 11.8. The molecule has 0 aliphatic heterocycles. The van der Waals surface area contributed by atoms with Crippen LogP contribution in [0.1, 0.15) is 29.9 Å². The Balaban J connectivity index is 2.15. The number of nitrogens with zero attached hydrogens (tertiary/aromatic N) is 2. The summed E-state index contributed by atoms with van der Waals surface area (Å²) in [4.78, 5) is 31.1. The smallest absolute Gasteiger partial charge is 0.349 e. The molecule has 0 saturated heterocycles. The van der Waals surface area contributed by atoms with Crippen molar-refractivity contribution < 1.29 is 14.3 Å². The third-order valence-corrected chi connectivity index (χ3v) is 5.06. The number of carbonyl (C=O) groups is 2. The summed E-state index contributed by atoms with van der Waals surface area (Å²) in [5.74, 6) is -0.536. The molecule has 0 amide bonds. The number of aromatic nitrogens is 1. The van der Waals surface area contributed by atoms with Crippen LogP contribution in [0.5, 0.6) is 0 Å². The SMILES string of the molecule is CCC(=O)C(C)OC(=O)c1cc2sc(N(C)C)nc2s1. The van der Waals surface area contributed by atoms with Gasteiger partial charge in [0.15, 0.2) is 17.0 Å². The van der Waals surface area contributed by atoms with Crippen molar-refractivity contribution in [2.24, 2.45) is 0 Å². The lowest BCUT2D eigenvalue weighted by Crippen LogP contribution is -2.23. The standard InChI is InChI=1S/C13H16N2O3S2/c1-5-8(16)7(2)18-12(17)10-6-9-11(19-10)14-13(20-9)15(3)4/h6-7H,5H2,1-4H3. The normalized spacial score (nSPS) is 12.4. The number of esters is 1. The van der Waals surface area contributed by atoms with Crippen molar-refractivity contribution in [3.63, 3.8) is 0 Å². The first-order valence-electron chi connectivity index (χ1n) is 6.23. The summed E-state index contributed by atoms with van der Waals surface area (Å²) >= 11 is 2.82. The van der Waals surface area contributed by atoms with Crippen LogP contribution in [0.4, 0.5) is 5.13 Å². The molecule has 2 heterocycles. The van der Waals surface area contributed by atoms with Gasteiger partial charge in [0.2, 0.25) is 0 Å². The van der Waals surface area contributed by atoms with Gasteiger partial charge < -0.3 is 9.64 Å². The van der Waals surface area contributed by atoms with Crippen LogP contribution in [-0.2, 0) is 9.53 Å². The van der Waals surface area contributed by atoms with Gasteiger partial charge in [0, 0.05) is 20.5 Å². The number of thiophene rings is 1. The van der Waals surface area contributed by atoms with Crippen LogP contribution >= 0.6 is 22.7 Å². The van der Waals surface area contributed by atoms with E-state index in [1.54, 1.807) is 19.9 Å². The van der Waals surface area contributed by atoms with Crippen LogP contribution in [0.25, 0.3) is 9.53 Å². The van der Waals surface area contributed by atoms with Crippen LogP contribution < -0.4 is 4.90 Å². The summed E-state index contributed by atoms with van der Waals surface area (Å²) in [6, 6.07) is 1.77. The Labute approximate surface area is 125 Å². The van der Waals surface area contributed by atoms with Crippen LogP contribution in [0, 0.1) is 0 Å². The monoisotopic (exact) mass is 312 g/mol. The van der Waals surface area contributed by atoms with E-state index in [-0.39, 0.29) is 5.78 Å². The number of fused-ring (bicyclic) bond motifs is 1. The van der Waals surface area contributed by atoms with E-state index in [2.05, 4.69) is 4.98 Å². The average molecular weight is 312 g/mol. The lowest BCUT2D eigenvalue weighted by Gasteiger charge is -2.09. The van der Waals surface area contributed by atoms with Gasteiger partial charge in [0.05, 0.1) is 4.70 Å². The highest BCUT2D eigenvalue weighted by Gasteiger charge is 2.20. The van der Waals surface area contributed by atoms with E-state index in [1.165, 1.54) is 22.7 Å². The van der Waals surface area contributed by atoms with Gasteiger partial charge in [-0.25, -0.2) is 9.78 Å². The lowest BCUT2D eigenvalue weighted by molar-refractivity contribution is -0.126. The van der Waals surface area contributed by atoms with Gasteiger partial charge in [-0.15, -0.1) is 11.3 Å². The predicted octanol–water partition coefficient (Wildman–Crippen LogP) is 2.95. The van der Waals surface area contributed by atoms with Crippen molar-refractivity contribution in [3.05, 3.63) is 10.9 Å². The quantitative estimate of drug-likeness (QED) is 0.794. The molecule has 2 aromatic rings. The molecule has 0 N–H and O–H groups in total. The molecule has 0 aliphatic rings. The minimum atomic E-state index is -0.696. The number of ether oxygens (including phenoxy) is 1. The summed E-state index contributed by atoms with van der Waals surface area (Å²) < 4.78 is 6.11. The summed E-state index contributed by atoms with van der Waals surface area (Å²) in [6.07, 6.45) is -0.334. The minimum Gasteiger partial charge on any atom is -0.450 e. The highest BCUT2D eigenvalue weighted by Crippen LogP contribution is 2.34. The number of carbonyl (C=O) groups excluding carboxylic acids is 2. The number of ketones is 1. The fourth-order valence-electron chi connectivity index (χ4n) is 1.59. The second kappa shape index (κ2) is 5.88. The molecule has 0 saturated carbocycles. The molecular formula is C13H16N2O3S2. The Hall–Kier alpha value is -1.47. The van der Waals surface area contributed by atoms with E-state index in [9.17, 15) is 9.59 Å². The molecule has 0 radical (unpaired) electrons. The number of Topliss-reactive ketones (excluding diaryl/α,β-unsaturated/α-hetero) is 1. The Morgan fingerprint density at radius 1 is 1.40 bits per heavy atom. The third kappa shape index (κ3) is 2.99. The first kappa shape index (κ1) is 14.9. The summed E-state index contributed by atoms with van der Waals surface area (Å²) in [7, 11) is 3.85. The van der Waals surface area contributed by atoms with E-state index >= 15 is 0 Å². The number of hydrogen-bond donors (Lipinski definition) is 0. The van der Waals surface area contributed by atoms with Crippen molar-refractivity contribution >= 4 is 49.1 Å². The van der Waals surface area contributed by atoms with Gasteiger partial charge in [-0.05, 0) is 13.0 Å². The fraction of sp³-hybridized carbons (Fsp3) is 0.462. The first-order valence-corrected chi connectivity index (χ1v) is 7.87. The van der Waals surface area contributed by atoms with Crippen molar-refractivity contribution in [1.82, 2.24) is 4.98 Å². The molecule has 0 aliphatic carbocycles. The van der Waals surface area contributed by atoms with Crippen molar-refractivity contribution in [2.75, 3.05) is 19.0 Å². The number of hydrogen-bond acceptors (Lipinski definition) is 7. The number of rotatable bonds is 5. The second-order valence-corrected chi connectivity index (χ2v) is 6.58. The summed E-state index contributed by atoms with van der Waals surface area (Å²) in [6.45, 7) is 3.35. The Kier molecular flexibility index (Phi) is 4.39. The molecule has 0 fully saturated rings. The highest BCUT2D eigenvalue weighted by molar-refractivity contribution is 7.29. The van der Waals surface area contributed by atoms with Gasteiger partial charge in [0.1, 0.15) is 9.71 Å². The molecule has 7 heteroatoms. The fourth-order valence-corrected chi connectivity index (χ4v) is 3.60. The van der Waals surface area contributed by atoms with Gasteiger partial charge in [-0.1, -0.05) is 18.3 Å². The van der Waals surface area contributed by atoms with Gasteiger partial charge in [-0.3, -0.25) is 4.79 Å². The van der Waals surface area contributed by atoms with Crippen LogP contribution in [0.2, 0.25) is 0 Å². The van der Waals surface area contributed by atoms with Crippen molar-refractivity contribution in [1.29, 1.82) is 0 Å². The van der Waals surface area contributed by atoms with Crippen molar-refractivity contribution in [3.8, 4) is 0 Å². The van der Waals surface area contributed by atoms with Gasteiger partial charge in [-0.2, -0.15) is 0 Å². The predicted molar refractivity (Wildman–Crippen MR) is 82.0 cm³/mol. The van der Waals surface area contributed by atoms with Crippen LogP contribution in [0.15, 0.2) is 6.07 Å². The Morgan fingerprint density at radius 3 is 2.65 bits per heavy atom. The maximum absolute atomic E-state index is 12.0. The van der Waals surface area contributed by atoms with E-state index < -0.39 is 12.1 Å². The molecule has 2 aromatic heterocycles. The van der Waals surface area contributed by atoms with Crippen LogP contribution in [0.3, 0.4) is 0 Å². The van der Waals surface area contributed by atoms with Crippen molar-refractivity contribution in [2.45, 2.75) is 26.4 Å². The van der Waals surface area contributed by atoms with E-state index in [0.717, 1.165) is 14.7 Å². The lowest BCUT2D eigenvalue weighted by atomic mass is 10.2. The molecule has 108 valence electrons. The third-order valence-electron chi connectivity index (χ3n) is 2.75. The number of thiazole rings is 1. The first-order chi connectivity index (χ1) is 9.42. The van der Waals surface area contributed by atoms with E-state index in [0.29, 0.717) is 11.3 Å². The summed E-state index contributed by atoms with van der Waals surface area (Å²) in [5, 5.41) is 0.903. The molecule has 0 bridgehead atoms. The molecule has 0 aromatic carbocycles. The maximum Gasteiger partial charge on any atom is 0.349 e. The van der Waals surface area contributed by atoms with Gasteiger partial charge in [0.25, 0.3) is 0 Å². The number of anilines is 1. The zero-order valence-corrected chi connectivity index (χ0v) is 13.4. The molecular weight excluding hydrogens is 296 g/mol. The molecule has 0 spiro atoms. The van der Waals surface area contributed by atoms with E-state index in [1.807, 2.05) is 19.0 Å².